The molecule has 7 nitrogen and oxygen atoms in total. The van der Waals surface area contributed by atoms with Gasteiger partial charge in [0.15, 0.2) is 11.6 Å². The van der Waals surface area contributed by atoms with Crippen molar-refractivity contribution in [2.75, 3.05) is 13.2 Å². The second-order valence-electron chi connectivity index (χ2n) is 10.2. The number of ether oxygens (including phenoxy) is 3. The van der Waals surface area contributed by atoms with Crippen LogP contribution in [0.15, 0.2) is 48.7 Å². The van der Waals surface area contributed by atoms with Crippen LogP contribution >= 0.6 is 0 Å². The van der Waals surface area contributed by atoms with Crippen molar-refractivity contribution in [2.24, 2.45) is 11.8 Å². The van der Waals surface area contributed by atoms with E-state index in [1.54, 1.807) is 13.8 Å². The standard InChI is InChI=1S/C29H30N2O5/c1-18-6-5-7-20(14-18)25(26-27(32)35-29(2,3)36-28(26)33)23-17-31(16-19-10-12-34-13-11-19)24-9-8-21(30-4)15-22(23)24/h5-9,14-15,17,19,25-26H,10-13,16H2,1-3H3. The molecule has 2 aromatic carbocycles. The molecule has 0 saturated carbocycles. The van der Waals surface area contributed by atoms with Gasteiger partial charge in [0.2, 0.25) is 0 Å². The summed E-state index contributed by atoms with van der Waals surface area (Å²) in [5.74, 6) is -3.83. The minimum atomic E-state index is -1.31. The number of carbonyl (C=O) groups excluding carboxylic acids is 2. The lowest BCUT2D eigenvalue weighted by molar-refractivity contribution is -0.240. The Kier molecular flexibility index (Phi) is 6.31. The van der Waals surface area contributed by atoms with E-state index in [0.29, 0.717) is 11.6 Å². The van der Waals surface area contributed by atoms with Crippen molar-refractivity contribution >= 4 is 28.5 Å². The van der Waals surface area contributed by atoms with E-state index in [9.17, 15) is 9.59 Å². The summed E-state index contributed by atoms with van der Waals surface area (Å²) in [6.45, 7) is 15.0. The molecule has 1 atom stereocenters. The first kappa shape index (κ1) is 24.1. The predicted molar refractivity (Wildman–Crippen MR) is 135 cm³/mol. The number of nitrogens with zero attached hydrogens (tertiary/aromatic N) is 2. The summed E-state index contributed by atoms with van der Waals surface area (Å²) in [6, 6.07) is 13.4. The molecular formula is C29H30N2O5. The first-order valence-electron chi connectivity index (χ1n) is 12.4. The number of fused-ring (bicyclic) bond motifs is 1. The zero-order chi connectivity index (χ0) is 25.4. The molecule has 3 heterocycles. The zero-order valence-electron chi connectivity index (χ0n) is 20.8. The van der Waals surface area contributed by atoms with E-state index in [1.807, 2.05) is 55.6 Å². The van der Waals surface area contributed by atoms with Crippen molar-refractivity contribution in [1.29, 1.82) is 0 Å². The first-order valence-corrected chi connectivity index (χ1v) is 12.4. The lowest BCUT2D eigenvalue weighted by Gasteiger charge is -2.36. The van der Waals surface area contributed by atoms with Gasteiger partial charge in [0.05, 0.1) is 6.57 Å². The van der Waals surface area contributed by atoms with Gasteiger partial charge in [0.1, 0.15) is 0 Å². The zero-order valence-corrected chi connectivity index (χ0v) is 20.8. The maximum absolute atomic E-state index is 13.3. The molecule has 0 N–H and O–H groups in total. The Morgan fingerprint density at radius 1 is 1.08 bits per heavy atom. The van der Waals surface area contributed by atoms with Gasteiger partial charge < -0.3 is 18.8 Å². The molecule has 0 spiro atoms. The third-order valence-corrected chi connectivity index (χ3v) is 7.09. The van der Waals surface area contributed by atoms with E-state index >= 15 is 0 Å². The molecule has 0 bridgehead atoms. The van der Waals surface area contributed by atoms with E-state index < -0.39 is 29.6 Å². The van der Waals surface area contributed by atoms with Gasteiger partial charge in [-0.05, 0) is 54.3 Å². The second kappa shape index (κ2) is 9.44. The fraction of sp³-hybridized carbons (Fsp3) is 0.414. The Bertz CT molecular complexity index is 1340. The van der Waals surface area contributed by atoms with Crippen LogP contribution in [0.5, 0.6) is 0 Å². The number of hydrogen-bond donors (Lipinski definition) is 0. The van der Waals surface area contributed by atoms with Crippen LogP contribution in [0.3, 0.4) is 0 Å². The summed E-state index contributed by atoms with van der Waals surface area (Å²) in [7, 11) is 0. The average molecular weight is 487 g/mol. The summed E-state index contributed by atoms with van der Waals surface area (Å²) >= 11 is 0. The van der Waals surface area contributed by atoms with Crippen molar-refractivity contribution in [3.63, 3.8) is 0 Å². The van der Waals surface area contributed by atoms with Gasteiger partial charge in [-0.25, -0.2) is 4.85 Å². The molecule has 0 aliphatic carbocycles. The number of esters is 2. The summed E-state index contributed by atoms with van der Waals surface area (Å²) < 4.78 is 18.8. The van der Waals surface area contributed by atoms with Crippen molar-refractivity contribution in [3.05, 3.63) is 76.8 Å². The molecule has 1 aromatic heterocycles. The second-order valence-corrected chi connectivity index (χ2v) is 10.2. The molecule has 1 unspecified atom stereocenters. The van der Waals surface area contributed by atoms with Crippen LogP contribution in [0.25, 0.3) is 15.7 Å². The minimum absolute atomic E-state index is 0.463. The van der Waals surface area contributed by atoms with E-state index in [2.05, 4.69) is 9.41 Å². The smallest absolute Gasteiger partial charge is 0.324 e. The van der Waals surface area contributed by atoms with Gasteiger partial charge >= 0.3 is 11.9 Å². The van der Waals surface area contributed by atoms with Gasteiger partial charge in [-0.1, -0.05) is 35.9 Å². The monoisotopic (exact) mass is 486 g/mol. The predicted octanol–water partition coefficient (Wildman–Crippen LogP) is 5.51. The van der Waals surface area contributed by atoms with E-state index in [4.69, 9.17) is 20.8 Å². The first-order chi connectivity index (χ1) is 17.3. The molecule has 2 fully saturated rings. The van der Waals surface area contributed by atoms with Gasteiger partial charge in [-0.15, -0.1) is 0 Å². The fourth-order valence-corrected chi connectivity index (χ4v) is 5.40. The van der Waals surface area contributed by atoms with Crippen molar-refractivity contribution in [2.45, 2.75) is 51.9 Å². The molecule has 0 amide bonds. The highest BCUT2D eigenvalue weighted by atomic mass is 16.7. The van der Waals surface area contributed by atoms with Crippen LogP contribution in [0.1, 0.15) is 49.3 Å². The molecule has 2 aliphatic heterocycles. The number of carbonyl (C=O) groups is 2. The van der Waals surface area contributed by atoms with E-state index in [-0.39, 0.29) is 0 Å². The number of cyclic esters (lactones) is 2. The molecule has 5 rings (SSSR count). The van der Waals surface area contributed by atoms with Crippen LogP contribution in [0, 0.1) is 25.3 Å². The van der Waals surface area contributed by atoms with Crippen LogP contribution in [0.4, 0.5) is 5.69 Å². The highest BCUT2D eigenvalue weighted by Gasteiger charge is 2.48. The minimum Gasteiger partial charge on any atom is -0.422 e. The quantitative estimate of drug-likeness (QED) is 0.270. The van der Waals surface area contributed by atoms with Crippen LogP contribution in [-0.2, 0) is 30.3 Å². The van der Waals surface area contributed by atoms with Gasteiger partial charge in [-0.3, -0.25) is 9.59 Å². The Balaban J connectivity index is 1.69. The van der Waals surface area contributed by atoms with Crippen molar-refractivity contribution in [3.8, 4) is 0 Å². The topological polar surface area (TPSA) is 71.1 Å². The number of benzene rings is 2. The lowest BCUT2D eigenvalue weighted by atomic mass is 9.79. The Morgan fingerprint density at radius 3 is 2.47 bits per heavy atom. The molecule has 2 saturated heterocycles. The molecule has 2 aliphatic rings. The van der Waals surface area contributed by atoms with Gasteiger partial charge in [0.25, 0.3) is 5.79 Å². The van der Waals surface area contributed by atoms with Crippen molar-refractivity contribution in [1.82, 2.24) is 4.57 Å². The highest BCUT2D eigenvalue weighted by molar-refractivity contribution is 6.00. The Labute approximate surface area is 210 Å². The molecule has 36 heavy (non-hydrogen) atoms. The number of aryl methyl sites for hydroxylation is 1. The fourth-order valence-electron chi connectivity index (χ4n) is 5.40. The lowest BCUT2D eigenvalue weighted by Crippen LogP contribution is -2.48. The largest absolute Gasteiger partial charge is 0.422 e. The summed E-state index contributed by atoms with van der Waals surface area (Å²) in [6.07, 6.45) is 4.00. The van der Waals surface area contributed by atoms with Crippen molar-refractivity contribution < 1.29 is 23.8 Å². The van der Waals surface area contributed by atoms with Crippen LogP contribution in [-0.4, -0.2) is 35.5 Å². The maximum atomic E-state index is 13.3. The number of rotatable bonds is 5. The van der Waals surface area contributed by atoms with Crippen LogP contribution < -0.4 is 0 Å². The van der Waals surface area contributed by atoms with E-state index in [0.717, 1.165) is 60.2 Å². The highest BCUT2D eigenvalue weighted by Crippen LogP contribution is 2.42. The third-order valence-electron chi connectivity index (χ3n) is 7.09. The van der Waals surface area contributed by atoms with E-state index in [1.165, 1.54) is 0 Å². The SMILES string of the molecule is [C-]#[N+]c1ccc2c(c1)c(C(c1cccc(C)c1)C1C(=O)OC(C)(C)OC1=O)cn2CC1CCOCC1. The average Bonchev–Trinajstić information content (AvgIpc) is 3.18. The molecule has 3 aromatic rings. The summed E-state index contributed by atoms with van der Waals surface area (Å²) in [5.41, 5.74) is 4.13. The number of hydrogen-bond acceptors (Lipinski definition) is 5. The summed E-state index contributed by atoms with van der Waals surface area (Å²) in [4.78, 5) is 30.2. The van der Waals surface area contributed by atoms with Gasteiger partial charge in [0, 0.05) is 51.2 Å². The normalized spacial score (nSPS) is 19.5. The Morgan fingerprint density at radius 2 is 1.81 bits per heavy atom. The molecule has 7 heteroatoms. The third kappa shape index (κ3) is 4.61. The Hall–Kier alpha value is -3.63. The molecule has 186 valence electrons. The molecular weight excluding hydrogens is 456 g/mol. The maximum Gasteiger partial charge on any atom is 0.324 e. The summed E-state index contributed by atoms with van der Waals surface area (Å²) in [5, 5.41) is 0.854. The van der Waals surface area contributed by atoms with Crippen LogP contribution in [0.2, 0.25) is 0 Å². The molecule has 0 radical (unpaired) electrons. The van der Waals surface area contributed by atoms with Gasteiger partial charge in [-0.2, -0.15) is 0 Å². The number of aromatic nitrogens is 1.